The minimum atomic E-state index is -3.52. The molecule has 18 heavy (non-hydrogen) atoms. The van der Waals surface area contributed by atoms with E-state index in [1.807, 2.05) is 0 Å². The van der Waals surface area contributed by atoms with Gasteiger partial charge in [-0.3, -0.25) is 0 Å². The Labute approximate surface area is 116 Å². The minimum absolute atomic E-state index is 0.0578. The fourth-order valence-corrected chi connectivity index (χ4v) is 4.15. The number of nitrogens with zero attached hydrogens (tertiary/aromatic N) is 2. The first kappa shape index (κ1) is 13.8. The molecule has 0 unspecified atom stereocenters. The normalized spacial score (nSPS) is 18.5. The summed E-state index contributed by atoms with van der Waals surface area (Å²) < 4.78 is 27.1. The zero-order valence-corrected chi connectivity index (χ0v) is 12.4. The predicted octanol–water partition coefficient (Wildman–Crippen LogP) is 1.99. The number of anilines is 1. The van der Waals surface area contributed by atoms with E-state index in [9.17, 15) is 8.42 Å². The van der Waals surface area contributed by atoms with Crippen molar-refractivity contribution in [1.82, 2.24) is 9.29 Å². The van der Waals surface area contributed by atoms with Crippen molar-refractivity contribution in [3.63, 3.8) is 0 Å². The molecule has 0 aliphatic carbocycles. The third-order valence-corrected chi connectivity index (χ3v) is 5.39. The molecule has 0 bridgehead atoms. The highest BCUT2D eigenvalue weighted by Gasteiger charge is 2.27. The van der Waals surface area contributed by atoms with E-state index >= 15 is 0 Å². The van der Waals surface area contributed by atoms with Gasteiger partial charge in [-0.1, -0.05) is 12.8 Å². The van der Waals surface area contributed by atoms with E-state index in [4.69, 9.17) is 5.73 Å². The summed E-state index contributed by atoms with van der Waals surface area (Å²) in [5.74, 6) is 0.0578. The van der Waals surface area contributed by atoms with E-state index in [1.54, 1.807) is 0 Å². The van der Waals surface area contributed by atoms with E-state index in [0.717, 1.165) is 25.7 Å². The van der Waals surface area contributed by atoms with Crippen LogP contribution in [-0.2, 0) is 10.0 Å². The molecular weight excluding hydrogens is 318 g/mol. The number of pyridine rings is 1. The van der Waals surface area contributed by atoms with Gasteiger partial charge in [0.15, 0.2) is 0 Å². The molecule has 0 saturated carbocycles. The van der Waals surface area contributed by atoms with E-state index in [2.05, 4.69) is 20.9 Å². The number of aromatic nitrogens is 1. The SMILES string of the molecule is Nc1ncc(Br)cc1S(=O)(=O)N1CCCCCC1. The molecule has 2 heterocycles. The summed E-state index contributed by atoms with van der Waals surface area (Å²) in [6.45, 7) is 1.13. The maximum atomic E-state index is 12.5. The highest BCUT2D eigenvalue weighted by Crippen LogP contribution is 2.25. The molecule has 7 heteroatoms. The Kier molecular flexibility index (Phi) is 4.24. The van der Waals surface area contributed by atoms with E-state index in [0.29, 0.717) is 17.6 Å². The lowest BCUT2D eigenvalue weighted by Gasteiger charge is -2.20. The molecule has 1 aromatic heterocycles. The molecule has 0 spiro atoms. The van der Waals surface area contributed by atoms with E-state index in [-0.39, 0.29) is 10.7 Å². The predicted molar refractivity (Wildman–Crippen MR) is 73.6 cm³/mol. The first-order valence-corrected chi connectivity index (χ1v) is 8.16. The number of nitrogen functional groups attached to an aromatic ring is 1. The van der Waals surface area contributed by atoms with Crippen molar-refractivity contribution < 1.29 is 8.42 Å². The summed E-state index contributed by atoms with van der Waals surface area (Å²) in [6.07, 6.45) is 5.47. The van der Waals surface area contributed by atoms with Gasteiger partial charge in [0, 0.05) is 23.8 Å². The van der Waals surface area contributed by atoms with Crippen LogP contribution in [0.3, 0.4) is 0 Å². The van der Waals surface area contributed by atoms with E-state index < -0.39 is 10.0 Å². The second kappa shape index (κ2) is 5.54. The van der Waals surface area contributed by atoms with Gasteiger partial charge < -0.3 is 5.73 Å². The van der Waals surface area contributed by atoms with Crippen LogP contribution >= 0.6 is 15.9 Å². The largest absolute Gasteiger partial charge is 0.383 e. The Balaban J connectivity index is 2.37. The standard InChI is InChI=1S/C11H16BrN3O2S/c12-9-7-10(11(13)14-8-9)18(16,17)15-5-3-1-2-4-6-15/h7-8H,1-6H2,(H2,13,14). The molecule has 1 aliphatic rings. The summed E-state index contributed by atoms with van der Waals surface area (Å²) in [5, 5.41) is 0. The van der Waals surface area contributed by atoms with Crippen LogP contribution in [0.2, 0.25) is 0 Å². The van der Waals surface area contributed by atoms with Crippen molar-refractivity contribution in [1.29, 1.82) is 0 Å². The Morgan fingerprint density at radius 1 is 1.22 bits per heavy atom. The third kappa shape index (κ3) is 2.84. The van der Waals surface area contributed by atoms with E-state index in [1.165, 1.54) is 16.6 Å². The summed E-state index contributed by atoms with van der Waals surface area (Å²) in [7, 11) is -3.52. The summed E-state index contributed by atoms with van der Waals surface area (Å²) in [4.78, 5) is 3.98. The van der Waals surface area contributed by atoms with Crippen molar-refractivity contribution in [2.75, 3.05) is 18.8 Å². The summed E-state index contributed by atoms with van der Waals surface area (Å²) in [6, 6.07) is 1.52. The Bertz CT molecular complexity index is 525. The Hall–Kier alpha value is -0.660. The van der Waals surface area contributed by atoms with Gasteiger partial charge in [-0.25, -0.2) is 13.4 Å². The molecule has 5 nitrogen and oxygen atoms in total. The van der Waals surface area contributed by atoms with Gasteiger partial charge >= 0.3 is 0 Å². The second-order valence-electron chi connectivity index (χ2n) is 4.36. The van der Waals surface area contributed by atoms with Gasteiger partial charge in [-0.05, 0) is 34.8 Å². The second-order valence-corrected chi connectivity index (χ2v) is 7.18. The maximum Gasteiger partial charge on any atom is 0.246 e. The molecular formula is C11H16BrN3O2S. The van der Waals surface area contributed by atoms with Gasteiger partial charge in [0.25, 0.3) is 0 Å². The van der Waals surface area contributed by atoms with Crippen molar-refractivity contribution in [2.45, 2.75) is 30.6 Å². The van der Waals surface area contributed by atoms with Gasteiger partial charge in [0.05, 0.1) is 0 Å². The number of nitrogens with two attached hydrogens (primary N) is 1. The number of sulfonamides is 1. The third-order valence-electron chi connectivity index (χ3n) is 3.03. The quantitative estimate of drug-likeness (QED) is 0.897. The molecule has 1 saturated heterocycles. The van der Waals surface area contributed by atoms with Crippen LogP contribution in [0.15, 0.2) is 21.6 Å². The average Bonchev–Trinajstić information content (AvgIpc) is 2.61. The molecule has 0 radical (unpaired) electrons. The topological polar surface area (TPSA) is 76.3 Å². The fraction of sp³-hybridized carbons (Fsp3) is 0.545. The van der Waals surface area contributed by atoms with Crippen molar-refractivity contribution in [3.8, 4) is 0 Å². The Morgan fingerprint density at radius 3 is 2.44 bits per heavy atom. The maximum absolute atomic E-state index is 12.5. The minimum Gasteiger partial charge on any atom is -0.383 e. The van der Waals surface area contributed by atoms with Crippen molar-refractivity contribution >= 4 is 31.8 Å². The van der Waals surface area contributed by atoms with Crippen LogP contribution in [0.25, 0.3) is 0 Å². The molecule has 2 N–H and O–H groups in total. The Morgan fingerprint density at radius 2 is 1.83 bits per heavy atom. The van der Waals surface area contributed by atoms with Crippen molar-refractivity contribution in [2.24, 2.45) is 0 Å². The van der Waals surface area contributed by atoms with Crippen LogP contribution in [-0.4, -0.2) is 30.8 Å². The van der Waals surface area contributed by atoms with Crippen LogP contribution in [0.5, 0.6) is 0 Å². The summed E-state index contributed by atoms with van der Waals surface area (Å²) >= 11 is 3.23. The van der Waals surface area contributed by atoms with Crippen LogP contribution in [0.1, 0.15) is 25.7 Å². The lowest BCUT2D eigenvalue weighted by atomic mass is 10.2. The fourth-order valence-electron chi connectivity index (χ4n) is 2.06. The molecule has 1 aromatic rings. The highest BCUT2D eigenvalue weighted by atomic mass is 79.9. The average molecular weight is 334 g/mol. The molecule has 1 fully saturated rings. The number of hydrogen-bond donors (Lipinski definition) is 1. The smallest absolute Gasteiger partial charge is 0.246 e. The monoisotopic (exact) mass is 333 g/mol. The van der Waals surface area contributed by atoms with Crippen LogP contribution in [0, 0.1) is 0 Å². The molecule has 0 aromatic carbocycles. The van der Waals surface area contributed by atoms with Crippen molar-refractivity contribution in [3.05, 3.63) is 16.7 Å². The van der Waals surface area contributed by atoms with Gasteiger partial charge in [-0.2, -0.15) is 4.31 Å². The first-order valence-electron chi connectivity index (χ1n) is 5.93. The first-order chi connectivity index (χ1) is 8.51. The zero-order valence-electron chi connectivity index (χ0n) is 9.97. The van der Waals surface area contributed by atoms with Gasteiger partial charge in [-0.15, -0.1) is 0 Å². The molecule has 0 amide bonds. The lowest BCUT2D eigenvalue weighted by Crippen LogP contribution is -2.32. The van der Waals surface area contributed by atoms with Gasteiger partial charge in [0.2, 0.25) is 10.0 Å². The number of rotatable bonds is 2. The van der Waals surface area contributed by atoms with Gasteiger partial charge in [0.1, 0.15) is 10.7 Å². The molecule has 100 valence electrons. The highest BCUT2D eigenvalue weighted by molar-refractivity contribution is 9.10. The van der Waals surface area contributed by atoms with Crippen LogP contribution < -0.4 is 5.73 Å². The molecule has 2 rings (SSSR count). The zero-order chi connectivity index (χ0) is 13.2. The van der Waals surface area contributed by atoms with Crippen LogP contribution in [0.4, 0.5) is 5.82 Å². The molecule has 0 atom stereocenters. The number of hydrogen-bond acceptors (Lipinski definition) is 4. The molecule has 1 aliphatic heterocycles. The lowest BCUT2D eigenvalue weighted by molar-refractivity contribution is 0.424. The number of halogens is 1. The summed E-state index contributed by atoms with van der Waals surface area (Å²) in [5.41, 5.74) is 5.68.